The Balaban J connectivity index is 1.93. The molecule has 1 amide bonds. The van der Waals surface area contributed by atoms with Crippen molar-refractivity contribution in [2.24, 2.45) is 0 Å². The second-order valence-corrected chi connectivity index (χ2v) is 5.65. The van der Waals surface area contributed by atoms with Gasteiger partial charge in [0.1, 0.15) is 10.6 Å². The summed E-state index contributed by atoms with van der Waals surface area (Å²) in [7, 11) is 0. The first-order chi connectivity index (χ1) is 9.25. The molecule has 0 unspecified atom stereocenters. The highest BCUT2D eigenvalue weighted by molar-refractivity contribution is 7.08. The number of likely N-dealkylation sites (tertiary alicyclic amines) is 1. The molecule has 2 heterocycles. The lowest BCUT2D eigenvalue weighted by atomic mass is 10.1. The minimum absolute atomic E-state index is 0.0393. The van der Waals surface area contributed by atoms with Crippen molar-refractivity contribution < 1.29 is 4.79 Å². The largest absolute Gasteiger partial charge is 0.338 e. The maximum absolute atomic E-state index is 12.4. The predicted molar refractivity (Wildman–Crippen MR) is 75.5 cm³/mol. The summed E-state index contributed by atoms with van der Waals surface area (Å²) in [6, 6.07) is 7.31. The molecule has 3 rings (SSSR count). The first-order valence-electron chi connectivity index (χ1n) is 6.13. The molecule has 6 heteroatoms. The summed E-state index contributed by atoms with van der Waals surface area (Å²) in [6.45, 7) is 1.66. The van der Waals surface area contributed by atoms with E-state index in [9.17, 15) is 4.79 Å². The van der Waals surface area contributed by atoms with Gasteiger partial charge in [-0.2, -0.15) is 0 Å². The topological polar surface area (TPSA) is 46.1 Å². The molecule has 1 aliphatic heterocycles. The van der Waals surface area contributed by atoms with E-state index >= 15 is 0 Å². The third-order valence-corrected chi connectivity index (χ3v) is 4.16. The Labute approximate surface area is 120 Å². The second kappa shape index (κ2) is 5.27. The summed E-state index contributed by atoms with van der Waals surface area (Å²) in [5.74, 6) is 0.0393. The van der Waals surface area contributed by atoms with Crippen molar-refractivity contribution in [1.29, 1.82) is 0 Å². The number of carbonyl (C=O) groups excluding carboxylic acids is 1. The zero-order valence-corrected chi connectivity index (χ0v) is 11.7. The lowest BCUT2D eigenvalue weighted by Gasteiger charge is -2.14. The molecule has 1 saturated heterocycles. The molecule has 0 bridgehead atoms. The molecular formula is C13H12ClN3OS. The van der Waals surface area contributed by atoms with Crippen LogP contribution in [0, 0.1) is 0 Å². The summed E-state index contributed by atoms with van der Waals surface area (Å²) in [4.78, 5) is 14.9. The van der Waals surface area contributed by atoms with Crippen LogP contribution < -0.4 is 0 Å². The molecule has 0 N–H and O–H groups in total. The fraction of sp³-hybridized carbons (Fsp3) is 0.308. The summed E-state index contributed by atoms with van der Waals surface area (Å²) in [5, 5.41) is 4.75. The lowest BCUT2D eigenvalue weighted by Crippen LogP contribution is -2.27. The van der Waals surface area contributed by atoms with Crippen molar-refractivity contribution in [2.75, 3.05) is 13.1 Å². The molecule has 1 aliphatic rings. The predicted octanol–water partition coefficient (Wildman–Crippen LogP) is 3.09. The van der Waals surface area contributed by atoms with Crippen molar-refractivity contribution >= 4 is 29.0 Å². The van der Waals surface area contributed by atoms with Gasteiger partial charge in [0.2, 0.25) is 0 Å². The monoisotopic (exact) mass is 293 g/mol. The molecule has 2 aromatic rings. The lowest BCUT2D eigenvalue weighted by molar-refractivity contribution is 0.0798. The molecule has 0 spiro atoms. The Morgan fingerprint density at radius 1 is 1.21 bits per heavy atom. The SMILES string of the molecule is O=C(c1snnc1-c1ccc(Cl)cc1)N1CCCC1. The first kappa shape index (κ1) is 12.6. The zero-order chi connectivity index (χ0) is 13.2. The van der Waals surface area contributed by atoms with Gasteiger partial charge < -0.3 is 4.90 Å². The number of amides is 1. The Morgan fingerprint density at radius 3 is 2.58 bits per heavy atom. The molecular weight excluding hydrogens is 282 g/mol. The van der Waals surface area contributed by atoms with Gasteiger partial charge in [0, 0.05) is 23.7 Å². The maximum atomic E-state index is 12.4. The molecule has 0 aliphatic carbocycles. The van der Waals surface area contributed by atoms with E-state index in [1.165, 1.54) is 0 Å². The third-order valence-electron chi connectivity index (χ3n) is 3.19. The molecule has 0 radical (unpaired) electrons. The van der Waals surface area contributed by atoms with Crippen LogP contribution in [-0.4, -0.2) is 33.5 Å². The molecule has 4 nitrogen and oxygen atoms in total. The van der Waals surface area contributed by atoms with Gasteiger partial charge in [0.25, 0.3) is 5.91 Å². The van der Waals surface area contributed by atoms with Gasteiger partial charge in [0.15, 0.2) is 0 Å². The molecule has 1 aromatic heterocycles. The van der Waals surface area contributed by atoms with Crippen LogP contribution in [0.5, 0.6) is 0 Å². The van der Waals surface area contributed by atoms with Gasteiger partial charge in [-0.1, -0.05) is 28.2 Å². The summed E-state index contributed by atoms with van der Waals surface area (Å²) in [5.41, 5.74) is 1.53. The smallest absolute Gasteiger partial charge is 0.267 e. The van der Waals surface area contributed by atoms with Crippen LogP contribution in [0.1, 0.15) is 22.5 Å². The van der Waals surface area contributed by atoms with E-state index in [2.05, 4.69) is 9.59 Å². The van der Waals surface area contributed by atoms with Crippen molar-refractivity contribution in [3.05, 3.63) is 34.2 Å². The molecule has 1 aromatic carbocycles. The van der Waals surface area contributed by atoms with E-state index in [-0.39, 0.29) is 5.91 Å². The Kier molecular flexibility index (Phi) is 3.48. The Hall–Kier alpha value is -1.46. The quantitative estimate of drug-likeness (QED) is 0.855. The van der Waals surface area contributed by atoms with Crippen LogP contribution in [0.2, 0.25) is 5.02 Å². The average Bonchev–Trinajstić information content (AvgIpc) is 3.10. The minimum Gasteiger partial charge on any atom is -0.338 e. The number of benzene rings is 1. The Bertz CT molecular complexity index is 590. The highest BCUT2D eigenvalue weighted by Gasteiger charge is 2.25. The maximum Gasteiger partial charge on any atom is 0.267 e. The number of nitrogens with zero attached hydrogens (tertiary/aromatic N) is 3. The zero-order valence-electron chi connectivity index (χ0n) is 10.2. The van der Waals surface area contributed by atoms with E-state index in [0.717, 1.165) is 43.0 Å². The number of rotatable bonds is 2. The highest BCUT2D eigenvalue weighted by atomic mass is 35.5. The van der Waals surface area contributed by atoms with Crippen LogP contribution in [0.4, 0.5) is 0 Å². The van der Waals surface area contributed by atoms with Crippen LogP contribution in [0.15, 0.2) is 24.3 Å². The highest BCUT2D eigenvalue weighted by Crippen LogP contribution is 2.27. The van der Waals surface area contributed by atoms with E-state index in [1.807, 2.05) is 17.0 Å². The van der Waals surface area contributed by atoms with Gasteiger partial charge in [0.05, 0.1) is 0 Å². The van der Waals surface area contributed by atoms with Crippen LogP contribution in [-0.2, 0) is 0 Å². The first-order valence-corrected chi connectivity index (χ1v) is 7.28. The van der Waals surface area contributed by atoms with Gasteiger partial charge in [-0.3, -0.25) is 4.79 Å². The molecule has 0 atom stereocenters. The van der Waals surface area contributed by atoms with Crippen molar-refractivity contribution in [3.63, 3.8) is 0 Å². The fourth-order valence-electron chi connectivity index (χ4n) is 2.19. The van der Waals surface area contributed by atoms with Crippen molar-refractivity contribution in [3.8, 4) is 11.3 Å². The Morgan fingerprint density at radius 2 is 1.89 bits per heavy atom. The third kappa shape index (κ3) is 2.48. The van der Waals surface area contributed by atoms with Crippen LogP contribution in [0.25, 0.3) is 11.3 Å². The van der Waals surface area contributed by atoms with Gasteiger partial charge in [-0.05, 0) is 36.5 Å². The minimum atomic E-state index is 0.0393. The average molecular weight is 294 g/mol. The van der Waals surface area contributed by atoms with E-state index < -0.39 is 0 Å². The van der Waals surface area contributed by atoms with Gasteiger partial charge in [-0.25, -0.2) is 0 Å². The van der Waals surface area contributed by atoms with Crippen molar-refractivity contribution in [2.45, 2.75) is 12.8 Å². The molecule has 0 saturated carbocycles. The van der Waals surface area contributed by atoms with E-state index in [4.69, 9.17) is 11.6 Å². The number of carbonyl (C=O) groups is 1. The van der Waals surface area contributed by atoms with Crippen LogP contribution in [0.3, 0.4) is 0 Å². The van der Waals surface area contributed by atoms with Crippen LogP contribution >= 0.6 is 23.1 Å². The number of hydrogen-bond acceptors (Lipinski definition) is 4. The van der Waals surface area contributed by atoms with E-state index in [0.29, 0.717) is 15.6 Å². The standard InChI is InChI=1S/C13H12ClN3OS/c14-10-5-3-9(4-6-10)11-12(19-16-15-11)13(18)17-7-1-2-8-17/h3-6H,1-2,7-8H2. The van der Waals surface area contributed by atoms with Gasteiger partial charge >= 0.3 is 0 Å². The second-order valence-electron chi connectivity index (χ2n) is 4.46. The summed E-state index contributed by atoms with van der Waals surface area (Å²) < 4.78 is 3.92. The van der Waals surface area contributed by atoms with Crippen molar-refractivity contribution in [1.82, 2.24) is 14.5 Å². The van der Waals surface area contributed by atoms with E-state index in [1.54, 1.807) is 12.1 Å². The molecule has 19 heavy (non-hydrogen) atoms. The fourth-order valence-corrected chi connectivity index (χ4v) is 2.97. The normalized spacial score (nSPS) is 14.9. The van der Waals surface area contributed by atoms with Gasteiger partial charge in [-0.15, -0.1) is 5.10 Å². The number of hydrogen-bond donors (Lipinski definition) is 0. The number of aromatic nitrogens is 2. The summed E-state index contributed by atoms with van der Waals surface area (Å²) in [6.07, 6.45) is 2.16. The molecule has 98 valence electrons. The number of halogens is 1. The molecule has 1 fully saturated rings. The summed E-state index contributed by atoms with van der Waals surface area (Å²) >= 11 is 7.03.